The number of hydrogen-bond acceptors (Lipinski definition) is 1. The van der Waals surface area contributed by atoms with Crippen molar-refractivity contribution in [3.05, 3.63) is 57.5 Å². The van der Waals surface area contributed by atoms with Crippen molar-refractivity contribution >= 4 is 22.1 Å². The molecular formula is C17H13F5S. The Kier molecular flexibility index (Phi) is 5.04. The molecule has 23 heavy (non-hydrogen) atoms. The lowest BCUT2D eigenvalue weighted by molar-refractivity contribution is 0.381. The molecule has 0 N–H and O–H groups in total. The molecule has 1 heterocycles. The fourth-order valence-electron chi connectivity index (χ4n) is 2.24. The number of rotatable bonds is 1. The summed E-state index contributed by atoms with van der Waals surface area (Å²) in [6.07, 6.45) is 0. The van der Waals surface area contributed by atoms with Crippen molar-refractivity contribution in [1.82, 2.24) is 0 Å². The summed E-state index contributed by atoms with van der Waals surface area (Å²) in [5.41, 5.74) is -0.463. The van der Waals surface area contributed by atoms with E-state index in [1.54, 1.807) is 18.4 Å². The van der Waals surface area contributed by atoms with Crippen molar-refractivity contribution in [1.29, 1.82) is 0 Å². The monoisotopic (exact) mass is 344 g/mol. The first-order valence-electron chi connectivity index (χ1n) is 6.90. The Balaban J connectivity index is 0.000000924. The third-order valence-corrected chi connectivity index (χ3v) is 4.08. The molecule has 2 aromatic carbocycles. The van der Waals surface area contributed by atoms with Crippen LogP contribution in [0.5, 0.6) is 0 Å². The molecule has 6 heteroatoms. The molecule has 0 fully saturated rings. The van der Waals surface area contributed by atoms with E-state index in [2.05, 4.69) is 0 Å². The van der Waals surface area contributed by atoms with E-state index in [0.717, 1.165) is 5.39 Å². The first-order valence-corrected chi connectivity index (χ1v) is 7.84. The highest BCUT2D eigenvalue weighted by Crippen LogP contribution is 2.36. The summed E-state index contributed by atoms with van der Waals surface area (Å²) < 4.78 is 67.5. The highest BCUT2D eigenvalue weighted by Gasteiger charge is 2.27. The Bertz CT molecular complexity index is 838. The maximum Gasteiger partial charge on any atom is 0.200 e. The SMILES string of the molecule is CC.Cc1cc2cscc2cc1-c1c(F)c(F)c(F)c(F)c1F. The van der Waals surface area contributed by atoms with E-state index < -0.39 is 34.6 Å². The largest absolute Gasteiger partial charge is 0.203 e. The van der Waals surface area contributed by atoms with Crippen molar-refractivity contribution in [2.45, 2.75) is 20.8 Å². The zero-order chi connectivity index (χ0) is 17.3. The molecule has 0 aliphatic heterocycles. The normalized spacial score (nSPS) is 10.6. The Morgan fingerprint density at radius 1 is 0.696 bits per heavy atom. The van der Waals surface area contributed by atoms with Gasteiger partial charge in [-0.15, -0.1) is 0 Å². The van der Waals surface area contributed by atoms with E-state index in [1.807, 2.05) is 19.2 Å². The Labute approximate surface area is 134 Å². The molecule has 122 valence electrons. The molecule has 0 bridgehead atoms. The van der Waals surface area contributed by atoms with Crippen molar-refractivity contribution < 1.29 is 22.0 Å². The van der Waals surface area contributed by atoms with E-state index in [-0.39, 0.29) is 5.56 Å². The minimum Gasteiger partial charge on any atom is -0.203 e. The van der Waals surface area contributed by atoms with E-state index in [0.29, 0.717) is 10.9 Å². The van der Waals surface area contributed by atoms with Crippen LogP contribution in [0, 0.1) is 36.0 Å². The van der Waals surface area contributed by atoms with Gasteiger partial charge >= 0.3 is 0 Å². The van der Waals surface area contributed by atoms with Crippen LogP contribution >= 0.6 is 11.3 Å². The molecule has 3 aromatic rings. The first-order chi connectivity index (χ1) is 10.9. The summed E-state index contributed by atoms with van der Waals surface area (Å²) in [5, 5.41) is 5.12. The van der Waals surface area contributed by atoms with Crippen LogP contribution in [0.3, 0.4) is 0 Å². The third kappa shape index (κ3) is 2.83. The Hall–Kier alpha value is -1.95. The smallest absolute Gasteiger partial charge is 0.200 e. The zero-order valence-electron chi connectivity index (χ0n) is 12.6. The number of fused-ring (bicyclic) bond motifs is 1. The summed E-state index contributed by atoms with van der Waals surface area (Å²) in [6.45, 7) is 5.56. The molecule has 0 spiro atoms. The van der Waals surface area contributed by atoms with Gasteiger partial charge in [0.2, 0.25) is 5.82 Å². The number of benzene rings is 2. The molecule has 0 aliphatic rings. The number of aryl methyl sites for hydroxylation is 1. The predicted molar refractivity (Wildman–Crippen MR) is 83.1 cm³/mol. The van der Waals surface area contributed by atoms with Gasteiger partial charge in [-0.1, -0.05) is 13.8 Å². The van der Waals surface area contributed by atoms with E-state index in [4.69, 9.17) is 0 Å². The summed E-state index contributed by atoms with van der Waals surface area (Å²) >= 11 is 1.39. The van der Waals surface area contributed by atoms with Crippen LogP contribution in [0.1, 0.15) is 19.4 Å². The number of halogens is 5. The van der Waals surface area contributed by atoms with Crippen LogP contribution in [-0.4, -0.2) is 0 Å². The maximum atomic E-state index is 13.9. The fraction of sp³-hybridized carbons (Fsp3) is 0.176. The average Bonchev–Trinajstić information content (AvgIpc) is 3.00. The second-order valence-corrected chi connectivity index (χ2v) is 5.36. The molecule has 0 amide bonds. The fourth-order valence-corrected chi connectivity index (χ4v) is 3.01. The summed E-state index contributed by atoms with van der Waals surface area (Å²) in [5.74, 6) is -9.65. The number of hydrogen-bond donors (Lipinski definition) is 0. The lowest BCUT2D eigenvalue weighted by atomic mass is 9.96. The van der Waals surface area contributed by atoms with Crippen LogP contribution < -0.4 is 0 Å². The summed E-state index contributed by atoms with van der Waals surface area (Å²) in [6, 6.07) is 3.08. The molecule has 0 atom stereocenters. The zero-order valence-corrected chi connectivity index (χ0v) is 13.4. The predicted octanol–water partition coefficient (Wildman–Crippen LogP) is 6.60. The van der Waals surface area contributed by atoms with Crippen LogP contribution in [0.4, 0.5) is 22.0 Å². The standard InChI is InChI=1S/C15H7F5S.C2H6/c1-6-2-7-4-21-5-8(7)3-9(6)10-11(16)13(18)15(20)14(19)12(10)17;1-2/h2-5H,1H3;1-2H3. The second kappa shape index (κ2) is 6.66. The van der Waals surface area contributed by atoms with Gasteiger partial charge in [-0.05, 0) is 51.7 Å². The average molecular weight is 344 g/mol. The Morgan fingerprint density at radius 2 is 1.13 bits per heavy atom. The van der Waals surface area contributed by atoms with Crippen molar-refractivity contribution in [3.63, 3.8) is 0 Å². The van der Waals surface area contributed by atoms with Gasteiger partial charge in [-0.3, -0.25) is 0 Å². The first kappa shape index (κ1) is 17.4. The number of thiophene rings is 1. The lowest BCUT2D eigenvalue weighted by Gasteiger charge is -2.11. The van der Waals surface area contributed by atoms with Crippen molar-refractivity contribution in [2.75, 3.05) is 0 Å². The second-order valence-electron chi connectivity index (χ2n) is 4.61. The van der Waals surface area contributed by atoms with Gasteiger partial charge in [0.15, 0.2) is 23.3 Å². The van der Waals surface area contributed by atoms with E-state index >= 15 is 0 Å². The van der Waals surface area contributed by atoms with Gasteiger partial charge in [0.25, 0.3) is 0 Å². The van der Waals surface area contributed by atoms with Crippen molar-refractivity contribution in [2.24, 2.45) is 0 Å². The van der Waals surface area contributed by atoms with Crippen LogP contribution in [0.15, 0.2) is 22.9 Å². The van der Waals surface area contributed by atoms with Crippen LogP contribution in [0.2, 0.25) is 0 Å². The lowest BCUT2D eigenvalue weighted by Crippen LogP contribution is -2.04. The minimum absolute atomic E-state index is 0.00583. The van der Waals surface area contributed by atoms with Gasteiger partial charge in [-0.25, -0.2) is 22.0 Å². The summed E-state index contributed by atoms with van der Waals surface area (Å²) in [4.78, 5) is 0. The maximum absolute atomic E-state index is 13.9. The minimum atomic E-state index is -2.15. The van der Waals surface area contributed by atoms with Gasteiger partial charge in [0.1, 0.15) is 0 Å². The molecule has 0 radical (unpaired) electrons. The molecule has 0 nitrogen and oxygen atoms in total. The molecule has 1 aromatic heterocycles. The molecule has 0 saturated heterocycles. The van der Waals surface area contributed by atoms with Gasteiger partial charge in [0.05, 0.1) is 5.56 Å². The molecular weight excluding hydrogens is 331 g/mol. The van der Waals surface area contributed by atoms with Gasteiger partial charge in [-0.2, -0.15) is 11.3 Å². The van der Waals surface area contributed by atoms with Crippen molar-refractivity contribution in [3.8, 4) is 11.1 Å². The molecule has 0 unspecified atom stereocenters. The highest BCUT2D eigenvalue weighted by atomic mass is 32.1. The Morgan fingerprint density at radius 3 is 1.65 bits per heavy atom. The molecule has 0 saturated carbocycles. The molecule has 3 rings (SSSR count). The summed E-state index contributed by atoms with van der Waals surface area (Å²) in [7, 11) is 0. The van der Waals surface area contributed by atoms with E-state index in [9.17, 15) is 22.0 Å². The van der Waals surface area contributed by atoms with Crippen LogP contribution in [-0.2, 0) is 0 Å². The third-order valence-electron chi connectivity index (χ3n) is 3.30. The topological polar surface area (TPSA) is 0 Å². The van der Waals surface area contributed by atoms with Gasteiger partial charge < -0.3 is 0 Å². The van der Waals surface area contributed by atoms with Crippen LogP contribution in [0.25, 0.3) is 21.9 Å². The quantitative estimate of drug-likeness (QED) is 0.265. The highest BCUT2D eigenvalue weighted by molar-refractivity contribution is 7.09. The molecule has 0 aliphatic carbocycles. The van der Waals surface area contributed by atoms with Gasteiger partial charge in [0, 0.05) is 0 Å². The van der Waals surface area contributed by atoms with E-state index in [1.165, 1.54) is 17.4 Å².